The Morgan fingerprint density at radius 2 is 2.30 bits per heavy atom. The van der Waals surface area contributed by atoms with Crippen molar-refractivity contribution < 1.29 is 9.53 Å². The second kappa shape index (κ2) is 7.28. The van der Waals surface area contributed by atoms with Crippen molar-refractivity contribution in [3.8, 4) is 5.75 Å². The van der Waals surface area contributed by atoms with Crippen LogP contribution in [0.15, 0.2) is 30.6 Å². The molecule has 0 spiro atoms. The van der Waals surface area contributed by atoms with Crippen LogP contribution in [-0.2, 0) is 18.4 Å². The number of amides is 1. The van der Waals surface area contributed by atoms with Gasteiger partial charge in [0.2, 0.25) is 5.91 Å². The molecule has 1 N–H and O–H groups in total. The van der Waals surface area contributed by atoms with Crippen molar-refractivity contribution in [1.29, 1.82) is 0 Å². The predicted octanol–water partition coefficient (Wildman–Crippen LogP) is 3.03. The normalized spacial score (nSPS) is 20.3. The van der Waals surface area contributed by atoms with E-state index in [9.17, 15) is 4.79 Å². The van der Waals surface area contributed by atoms with Crippen molar-refractivity contribution in [3.63, 3.8) is 0 Å². The van der Waals surface area contributed by atoms with Crippen molar-refractivity contribution in [2.24, 2.45) is 7.05 Å². The molecule has 1 aromatic carbocycles. The van der Waals surface area contributed by atoms with Gasteiger partial charge in [-0.05, 0) is 19.1 Å². The minimum atomic E-state index is -0.0940. The van der Waals surface area contributed by atoms with E-state index in [2.05, 4.69) is 27.2 Å². The first-order valence-corrected chi connectivity index (χ1v) is 9.85. The minimum absolute atomic E-state index is 0.0940. The molecule has 3 aromatic rings. The quantitative estimate of drug-likeness (QED) is 0.731. The second-order valence-electron chi connectivity index (χ2n) is 7.06. The molecule has 1 saturated heterocycles. The predicted molar refractivity (Wildman–Crippen MR) is 106 cm³/mol. The average Bonchev–Trinajstić information content (AvgIpc) is 3.27. The van der Waals surface area contributed by atoms with E-state index in [-0.39, 0.29) is 12.0 Å². The highest BCUT2D eigenvalue weighted by molar-refractivity contribution is 7.15. The largest absolute Gasteiger partial charge is 0.488 e. The molecule has 2 atom stereocenters. The molecule has 8 heteroatoms. The Bertz CT molecular complexity index is 966. The minimum Gasteiger partial charge on any atom is -0.488 e. The number of nitrogens with zero attached hydrogens (tertiary/aromatic N) is 4. The molecule has 27 heavy (non-hydrogen) atoms. The van der Waals surface area contributed by atoms with Gasteiger partial charge in [0.1, 0.15) is 11.9 Å². The molecule has 2 aromatic heterocycles. The molecule has 4 rings (SSSR count). The molecule has 1 aliphatic heterocycles. The van der Waals surface area contributed by atoms with E-state index in [1.54, 1.807) is 0 Å². The van der Waals surface area contributed by atoms with Crippen LogP contribution in [0.3, 0.4) is 0 Å². The first-order chi connectivity index (χ1) is 13.0. The Balaban J connectivity index is 1.42. The lowest BCUT2D eigenvalue weighted by molar-refractivity contribution is -0.114. The van der Waals surface area contributed by atoms with E-state index in [0.717, 1.165) is 41.0 Å². The lowest BCUT2D eigenvalue weighted by atomic mass is 10.2. The van der Waals surface area contributed by atoms with Gasteiger partial charge in [0.05, 0.1) is 10.9 Å². The molecular formula is C19H23N5O2S. The number of fused-ring (bicyclic) bond motifs is 1. The summed E-state index contributed by atoms with van der Waals surface area (Å²) in [5, 5.41) is 8.89. The molecule has 0 aliphatic carbocycles. The highest BCUT2D eigenvalue weighted by Gasteiger charge is 2.31. The summed E-state index contributed by atoms with van der Waals surface area (Å²) in [5.74, 6) is 0.800. The number of anilines is 1. The van der Waals surface area contributed by atoms with Crippen LogP contribution < -0.4 is 10.1 Å². The molecule has 1 fully saturated rings. The van der Waals surface area contributed by atoms with Crippen LogP contribution in [0.2, 0.25) is 0 Å². The fourth-order valence-corrected chi connectivity index (χ4v) is 4.44. The van der Waals surface area contributed by atoms with Crippen molar-refractivity contribution >= 4 is 33.3 Å². The first-order valence-electron chi connectivity index (χ1n) is 9.03. The molecule has 0 unspecified atom stereocenters. The third kappa shape index (κ3) is 3.96. The van der Waals surface area contributed by atoms with Gasteiger partial charge in [-0.3, -0.25) is 14.4 Å². The number of hydrogen-bond acceptors (Lipinski definition) is 6. The summed E-state index contributed by atoms with van der Waals surface area (Å²) in [6.45, 7) is 5.40. The fourth-order valence-electron chi connectivity index (χ4n) is 3.56. The van der Waals surface area contributed by atoms with Gasteiger partial charge in [-0.1, -0.05) is 6.07 Å². The molecule has 0 bridgehead atoms. The van der Waals surface area contributed by atoms with Gasteiger partial charge in [0, 0.05) is 56.8 Å². The zero-order valence-electron chi connectivity index (χ0n) is 15.7. The molecule has 1 aliphatic rings. The van der Waals surface area contributed by atoms with E-state index in [1.165, 1.54) is 18.3 Å². The van der Waals surface area contributed by atoms with Crippen LogP contribution in [-0.4, -0.2) is 44.3 Å². The summed E-state index contributed by atoms with van der Waals surface area (Å²) >= 11 is 1.52. The first kappa shape index (κ1) is 17.9. The van der Waals surface area contributed by atoms with Crippen molar-refractivity contribution in [1.82, 2.24) is 19.7 Å². The van der Waals surface area contributed by atoms with Crippen molar-refractivity contribution in [2.75, 3.05) is 11.9 Å². The summed E-state index contributed by atoms with van der Waals surface area (Å²) in [6, 6.07) is 6.43. The lowest BCUT2D eigenvalue weighted by Gasteiger charge is -2.19. The third-order valence-corrected chi connectivity index (χ3v) is 5.68. The van der Waals surface area contributed by atoms with E-state index in [1.807, 2.05) is 42.3 Å². The van der Waals surface area contributed by atoms with Gasteiger partial charge in [0.15, 0.2) is 5.13 Å². The van der Waals surface area contributed by atoms with Crippen LogP contribution in [0, 0.1) is 0 Å². The average molecular weight is 385 g/mol. The van der Waals surface area contributed by atoms with Crippen LogP contribution >= 0.6 is 11.3 Å². The van der Waals surface area contributed by atoms with Crippen molar-refractivity contribution in [3.05, 3.63) is 35.5 Å². The summed E-state index contributed by atoms with van der Waals surface area (Å²) < 4.78 is 8.15. The number of benzene rings is 1. The molecule has 0 saturated carbocycles. The maximum absolute atomic E-state index is 11.2. The summed E-state index contributed by atoms with van der Waals surface area (Å²) in [4.78, 5) is 19.0. The highest BCUT2D eigenvalue weighted by Crippen LogP contribution is 2.30. The Labute approximate surface area is 162 Å². The third-order valence-electron chi connectivity index (χ3n) is 4.78. The molecule has 0 radical (unpaired) electrons. The van der Waals surface area contributed by atoms with Gasteiger partial charge in [-0.2, -0.15) is 5.10 Å². The van der Waals surface area contributed by atoms with Crippen LogP contribution in [0.4, 0.5) is 5.13 Å². The summed E-state index contributed by atoms with van der Waals surface area (Å²) in [6.07, 6.45) is 4.97. The number of rotatable bonds is 5. The fraction of sp³-hybridized carbons (Fsp3) is 0.421. The number of aryl methyl sites for hydroxylation is 1. The topological polar surface area (TPSA) is 72.3 Å². The number of hydrogen-bond donors (Lipinski definition) is 1. The van der Waals surface area contributed by atoms with Crippen LogP contribution in [0.25, 0.3) is 10.9 Å². The Kier molecular flexibility index (Phi) is 4.84. The number of carbonyl (C=O) groups is 1. The van der Waals surface area contributed by atoms with Gasteiger partial charge in [-0.15, -0.1) is 11.3 Å². The lowest BCUT2D eigenvalue weighted by Crippen LogP contribution is -2.27. The molecule has 1 amide bonds. The van der Waals surface area contributed by atoms with Gasteiger partial charge >= 0.3 is 0 Å². The van der Waals surface area contributed by atoms with E-state index < -0.39 is 0 Å². The van der Waals surface area contributed by atoms with Gasteiger partial charge in [0.25, 0.3) is 0 Å². The number of ether oxygens (including phenoxy) is 1. The maximum Gasteiger partial charge on any atom is 0.223 e. The maximum atomic E-state index is 11.2. The standard InChI is InChI=1S/C19H23N5O2S/c1-12-7-14(26-18-6-4-5-17-16(18)11-23(3)22-17)9-24(12)10-15-8-20-19(27-15)21-13(2)25/h4-6,8,11-12,14H,7,9-10H2,1-3H3,(H,20,21,25)/t12-,14+/m0/s1. The number of carbonyl (C=O) groups excluding carboxylic acids is 1. The number of likely N-dealkylation sites (tertiary alicyclic amines) is 1. The second-order valence-corrected chi connectivity index (χ2v) is 8.17. The summed E-state index contributed by atoms with van der Waals surface area (Å²) in [5.41, 5.74) is 0.952. The number of nitrogens with one attached hydrogen (secondary N) is 1. The Morgan fingerprint density at radius 1 is 1.44 bits per heavy atom. The molecular weight excluding hydrogens is 362 g/mol. The molecule has 7 nitrogen and oxygen atoms in total. The Morgan fingerprint density at radius 3 is 3.11 bits per heavy atom. The van der Waals surface area contributed by atoms with Gasteiger partial charge in [-0.25, -0.2) is 4.98 Å². The monoisotopic (exact) mass is 385 g/mol. The van der Waals surface area contributed by atoms with Crippen molar-refractivity contribution in [2.45, 2.75) is 39.0 Å². The molecule has 3 heterocycles. The van der Waals surface area contributed by atoms with Crippen LogP contribution in [0.5, 0.6) is 5.75 Å². The van der Waals surface area contributed by atoms with E-state index >= 15 is 0 Å². The van der Waals surface area contributed by atoms with E-state index in [4.69, 9.17) is 4.74 Å². The molecule has 142 valence electrons. The highest BCUT2D eigenvalue weighted by atomic mass is 32.1. The van der Waals surface area contributed by atoms with Gasteiger partial charge < -0.3 is 10.1 Å². The van der Waals surface area contributed by atoms with Crippen LogP contribution in [0.1, 0.15) is 25.1 Å². The number of thiazole rings is 1. The van der Waals surface area contributed by atoms with E-state index in [0.29, 0.717) is 11.2 Å². The summed E-state index contributed by atoms with van der Waals surface area (Å²) in [7, 11) is 1.92. The smallest absolute Gasteiger partial charge is 0.223 e. The SMILES string of the molecule is CC(=O)Nc1ncc(CN2C[C@H](Oc3cccc4nn(C)cc34)C[C@@H]2C)s1. The zero-order chi connectivity index (χ0) is 19.0. The Hall–Kier alpha value is -2.45. The number of aromatic nitrogens is 3. The zero-order valence-corrected chi connectivity index (χ0v) is 16.5.